The van der Waals surface area contributed by atoms with Crippen LogP contribution in [0.5, 0.6) is 0 Å². The van der Waals surface area contributed by atoms with E-state index in [0.717, 1.165) is 18.9 Å². The van der Waals surface area contributed by atoms with Gasteiger partial charge in [0.25, 0.3) is 0 Å². The lowest BCUT2D eigenvalue weighted by Gasteiger charge is -1.99. The molecule has 3 nitrogen and oxygen atoms in total. The predicted molar refractivity (Wildman–Crippen MR) is 55.4 cm³/mol. The van der Waals surface area contributed by atoms with Crippen LogP contribution >= 0.6 is 0 Å². The molecule has 0 heterocycles. The molecule has 0 fully saturated rings. The molecular formula is C10H21NO2. The van der Waals surface area contributed by atoms with Gasteiger partial charge in [-0.15, -0.1) is 0 Å². The average Bonchev–Trinajstić information content (AvgIpc) is 2.18. The summed E-state index contributed by atoms with van der Waals surface area (Å²) in [7, 11) is 0. The molecule has 0 aliphatic rings. The highest BCUT2D eigenvalue weighted by Crippen LogP contribution is 1.88. The summed E-state index contributed by atoms with van der Waals surface area (Å²) < 4.78 is 4.43. The van der Waals surface area contributed by atoms with Gasteiger partial charge in [0.15, 0.2) is 0 Å². The number of carbonyl (C=O) groups excluding carboxylic acids is 1. The van der Waals surface area contributed by atoms with Crippen molar-refractivity contribution >= 4 is 5.97 Å². The van der Waals surface area contributed by atoms with Crippen molar-refractivity contribution in [3.8, 4) is 0 Å². The minimum Gasteiger partial charge on any atom is -0.463 e. The summed E-state index contributed by atoms with van der Waals surface area (Å²) in [5, 5.41) is 0. The van der Waals surface area contributed by atoms with Gasteiger partial charge in [0.2, 0.25) is 0 Å². The van der Waals surface area contributed by atoms with Crippen molar-refractivity contribution in [3.05, 3.63) is 12.7 Å². The number of ether oxygens (including phenoxy) is 1. The summed E-state index contributed by atoms with van der Waals surface area (Å²) in [6.07, 6.45) is 3.36. The normalized spacial score (nSPS) is 8.69. The van der Waals surface area contributed by atoms with Gasteiger partial charge in [0.05, 0.1) is 6.61 Å². The zero-order valence-corrected chi connectivity index (χ0v) is 8.88. The van der Waals surface area contributed by atoms with E-state index in [4.69, 9.17) is 5.73 Å². The summed E-state index contributed by atoms with van der Waals surface area (Å²) in [6, 6.07) is 0.435. The molecule has 0 aliphatic heterocycles. The monoisotopic (exact) mass is 187 g/mol. The fourth-order valence-electron chi connectivity index (χ4n) is 0.490. The largest absolute Gasteiger partial charge is 0.463 e. The molecule has 0 saturated heterocycles. The molecule has 0 unspecified atom stereocenters. The van der Waals surface area contributed by atoms with Crippen molar-refractivity contribution < 1.29 is 9.53 Å². The first kappa shape index (κ1) is 14.7. The number of nitrogens with two attached hydrogens (primary N) is 1. The predicted octanol–water partition coefficient (Wildman–Crippen LogP) is 1.87. The van der Waals surface area contributed by atoms with Gasteiger partial charge in [-0.1, -0.05) is 20.4 Å². The lowest BCUT2D eigenvalue weighted by molar-refractivity contribution is -0.137. The number of hydrogen-bond acceptors (Lipinski definition) is 3. The van der Waals surface area contributed by atoms with E-state index in [1.54, 1.807) is 6.92 Å². The van der Waals surface area contributed by atoms with Gasteiger partial charge in [0, 0.05) is 12.1 Å². The van der Waals surface area contributed by atoms with Gasteiger partial charge in [-0.25, -0.2) is 4.79 Å². The molecule has 13 heavy (non-hydrogen) atoms. The Morgan fingerprint density at radius 3 is 2.00 bits per heavy atom. The Morgan fingerprint density at radius 1 is 1.46 bits per heavy atom. The molecule has 0 radical (unpaired) electrons. The van der Waals surface area contributed by atoms with Gasteiger partial charge in [-0.2, -0.15) is 0 Å². The quantitative estimate of drug-likeness (QED) is 0.540. The SMILES string of the molecule is C=CC(=O)OCC.CCC(N)CC. The summed E-state index contributed by atoms with van der Waals surface area (Å²) in [5.74, 6) is -0.359. The molecule has 0 bridgehead atoms. The fraction of sp³-hybridized carbons (Fsp3) is 0.700. The van der Waals surface area contributed by atoms with E-state index in [1.165, 1.54) is 0 Å². The molecule has 3 heteroatoms. The zero-order chi connectivity index (χ0) is 10.7. The molecule has 0 aliphatic carbocycles. The Bertz CT molecular complexity index is 131. The fourth-order valence-corrected chi connectivity index (χ4v) is 0.490. The molecule has 0 spiro atoms. The number of rotatable bonds is 4. The van der Waals surface area contributed by atoms with Gasteiger partial charge in [-0.05, 0) is 19.8 Å². The lowest BCUT2D eigenvalue weighted by Crippen LogP contribution is -2.16. The Morgan fingerprint density at radius 2 is 1.92 bits per heavy atom. The van der Waals surface area contributed by atoms with E-state index in [-0.39, 0.29) is 5.97 Å². The van der Waals surface area contributed by atoms with Gasteiger partial charge in [0.1, 0.15) is 0 Å². The van der Waals surface area contributed by atoms with Crippen LogP contribution in [0.1, 0.15) is 33.6 Å². The summed E-state index contributed by atoms with van der Waals surface area (Å²) in [5.41, 5.74) is 5.47. The summed E-state index contributed by atoms with van der Waals surface area (Å²) in [4.78, 5) is 10.1. The van der Waals surface area contributed by atoms with Crippen LogP contribution in [-0.4, -0.2) is 18.6 Å². The van der Waals surface area contributed by atoms with Crippen molar-refractivity contribution in [2.45, 2.75) is 39.7 Å². The molecule has 0 amide bonds. The maximum Gasteiger partial charge on any atom is 0.330 e. The zero-order valence-electron chi connectivity index (χ0n) is 8.88. The summed E-state index contributed by atoms with van der Waals surface area (Å²) >= 11 is 0. The third-order valence-electron chi connectivity index (χ3n) is 1.50. The first-order valence-electron chi connectivity index (χ1n) is 4.66. The minimum absolute atomic E-state index is 0.359. The van der Waals surface area contributed by atoms with E-state index in [2.05, 4.69) is 25.2 Å². The highest BCUT2D eigenvalue weighted by molar-refractivity contribution is 5.81. The van der Waals surface area contributed by atoms with E-state index >= 15 is 0 Å². The Kier molecular flexibility index (Phi) is 12.6. The van der Waals surface area contributed by atoms with E-state index in [9.17, 15) is 4.79 Å². The molecule has 0 aromatic heterocycles. The second kappa shape index (κ2) is 11.2. The number of hydrogen-bond donors (Lipinski definition) is 1. The van der Waals surface area contributed by atoms with Crippen molar-refractivity contribution in [1.29, 1.82) is 0 Å². The van der Waals surface area contributed by atoms with Crippen LogP contribution in [0.15, 0.2) is 12.7 Å². The van der Waals surface area contributed by atoms with Gasteiger partial charge in [-0.3, -0.25) is 0 Å². The molecule has 78 valence electrons. The Labute approximate surface area is 81.0 Å². The van der Waals surface area contributed by atoms with Crippen LogP contribution in [0.25, 0.3) is 0 Å². The molecule has 0 atom stereocenters. The molecule has 0 saturated carbocycles. The standard InChI is InChI=1S/C5H13N.C5H8O2/c1-3-5(6)4-2;1-3-5(6)7-4-2/h5H,3-4,6H2,1-2H3;3H,1,4H2,2H3. The molecular weight excluding hydrogens is 166 g/mol. The van der Waals surface area contributed by atoms with Crippen molar-refractivity contribution in [2.75, 3.05) is 6.61 Å². The van der Waals surface area contributed by atoms with Crippen LogP contribution < -0.4 is 5.73 Å². The van der Waals surface area contributed by atoms with Crippen LogP contribution in [0.2, 0.25) is 0 Å². The van der Waals surface area contributed by atoms with Crippen molar-refractivity contribution in [1.82, 2.24) is 0 Å². The molecule has 2 N–H and O–H groups in total. The van der Waals surface area contributed by atoms with E-state index in [0.29, 0.717) is 12.6 Å². The highest BCUT2D eigenvalue weighted by Gasteiger charge is 1.88. The van der Waals surface area contributed by atoms with E-state index < -0.39 is 0 Å². The maximum absolute atomic E-state index is 10.1. The van der Waals surface area contributed by atoms with Crippen LogP contribution in [0.4, 0.5) is 0 Å². The van der Waals surface area contributed by atoms with E-state index in [1.807, 2.05) is 0 Å². The number of esters is 1. The Balaban J connectivity index is 0. The van der Waals surface area contributed by atoms with Crippen LogP contribution in [0.3, 0.4) is 0 Å². The van der Waals surface area contributed by atoms with Gasteiger partial charge >= 0.3 is 5.97 Å². The van der Waals surface area contributed by atoms with Crippen molar-refractivity contribution in [3.63, 3.8) is 0 Å². The maximum atomic E-state index is 10.1. The van der Waals surface area contributed by atoms with Gasteiger partial charge < -0.3 is 10.5 Å². The average molecular weight is 187 g/mol. The van der Waals surface area contributed by atoms with Crippen LogP contribution in [-0.2, 0) is 9.53 Å². The second-order valence-corrected chi connectivity index (χ2v) is 2.53. The second-order valence-electron chi connectivity index (χ2n) is 2.53. The third kappa shape index (κ3) is 14.1. The first-order valence-corrected chi connectivity index (χ1v) is 4.66. The smallest absolute Gasteiger partial charge is 0.330 e. The number of carbonyl (C=O) groups is 1. The highest BCUT2D eigenvalue weighted by atomic mass is 16.5. The lowest BCUT2D eigenvalue weighted by atomic mass is 10.2. The first-order chi connectivity index (χ1) is 6.12. The summed E-state index contributed by atoms with van der Waals surface area (Å²) in [6.45, 7) is 9.59. The molecule has 0 aromatic carbocycles. The molecule has 0 rings (SSSR count). The van der Waals surface area contributed by atoms with Crippen molar-refractivity contribution in [2.24, 2.45) is 5.73 Å². The topological polar surface area (TPSA) is 52.3 Å². The molecule has 0 aromatic rings. The third-order valence-corrected chi connectivity index (χ3v) is 1.50. The van der Waals surface area contributed by atoms with Crippen LogP contribution in [0, 0.1) is 0 Å². The minimum atomic E-state index is -0.359. The Hall–Kier alpha value is -0.830.